The van der Waals surface area contributed by atoms with Crippen molar-refractivity contribution in [3.63, 3.8) is 0 Å². The van der Waals surface area contributed by atoms with E-state index in [1.165, 1.54) is 23.1 Å². The lowest BCUT2D eigenvalue weighted by Crippen LogP contribution is -2.22. The molecule has 0 bridgehead atoms. The molecule has 13 heteroatoms. The summed E-state index contributed by atoms with van der Waals surface area (Å²) in [4.78, 5) is 15.8. The van der Waals surface area contributed by atoms with Crippen molar-refractivity contribution in [3.8, 4) is 0 Å². The number of nitrogens with one attached hydrogen (secondary N) is 1. The molecule has 0 aliphatic carbocycles. The molecule has 5 nitrogen and oxygen atoms in total. The molecule has 0 saturated heterocycles. The van der Waals surface area contributed by atoms with E-state index in [-0.39, 0.29) is 17.6 Å². The second kappa shape index (κ2) is 26.0. The van der Waals surface area contributed by atoms with Crippen molar-refractivity contribution in [1.82, 2.24) is 5.32 Å². The van der Waals surface area contributed by atoms with Crippen molar-refractivity contribution in [3.05, 3.63) is 0 Å². The van der Waals surface area contributed by atoms with Crippen LogP contribution in [0, 0.1) is 0 Å². The summed E-state index contributed by atoms with van der Waals surface area (Å²) in [6, 6.07) is 0. The van der Waals surface area contributed by atoms with Gasteiger partial charge in [0.05, 0.1) is 28.7 Å². The van der Waals surface area contributed by atoms with Crippen LogP contribution in [0.4, 0.5) is 4.79 Å². The number of hydrogen-bond acceptors (Lipinski definition) is 11. The summed E-state index contributed by atoms with van der Waals surface area (Å²) in [6.45, 7) is 3.50. The van der Waals surface area contributed by atoms with Gasteiger partial charge in [0.15, 0.2) is 0 Å². The van der Waals surface area contributed by atoms with E-state index in [0.717, 1.165) is 49.9 Å². The van der Waals surface area contributed by atoms with E-state index in [9.17, 15) is 9.00 Å². The number of hydrogen-bond donors (Lipinski definition) is 2. The third-order valence-electron chi connectivity index (χ3n) is 2.70. The molecule has 0 rings (SSSR count). The van der Waals surface area contributed by atoms with Gasteiger partial charge in [0.2, 0.25) is 0 Å². The average molecular weight is 557 g/mol. The molecule has 2 N–H and O–H groups in total. The molecule has 0 aromatic rings. The number of thioether (sulfide) groups is 7. The molecule has 0 aliphatic rings. The molecular weight excluding hydrogens is 525 g/mol. The topological polar surface area (TPSA) is 78.8 Å². The number of carbonyl (C=O) groups is 1. The van der Waals surface area contributed by atoms with Crippen LogP contribution < -0.4 is 5.32 Å². The Bertz CT molecular complexity index is 433. The normalized spacial score (nSPS) is 12.5. The maximum absolute atomic E-state index is 11.7. The molecule has 0 radical (unpaired) electrons. The molecule has 1 amide bonds. The van der Waals surface area contributed by atoms with Crippen LogP contribution in [0.15, 0.2) is 4.99 Å². The second-order valence-corrected chi connectivity index (χ2v) is 15.5. The van der Waals surface area contributed by atoms with E-state index in [0.29, 0.717) is 6.54 Å². The van der Waals surface area contributed by atoms with Crippen LogP contribution >= 0.6 is 82.3 Å². The minimum atomic E-state index is -1.14. The molecular formula is C16H32N2O3S8. The van der Waals surface area contributed by atoms with E-state index in [2.05, 4.69) is 17.2 Å². The largest absolute Gasteiger partial charge is 0.395 e. The fraction of sp³-hybridized carbons (Fsp3) is 0.875. The van der Waals surface area contributed by atoms with E-state index < -0.39 is 10.8 Å². The van der Waals surface area contributed by atoms with Gasteiger partial charge < -0.3 is 10.4 Å². The number of nitrogens with zero attached hydrogens (tertiary/aromatic N) is 1. The van der Waals surface area contributed by atoms with Gasteiger partial charge in [-0.2, -0.15) is 23.5 Å². The van der Waals surface area contributed by atoms with Crippen LogP contribution in [0.25, 0.3) is 0 Å². The Hall–Kier alpha value is 1.70. The zero-order chi connectivity index (χ0) is 21.4. The molecule has 0 aromatic heterocycles. The minimum Gasteiger partial charge on any atom is -0.395 e. The van der Waals surface area contributed by atoms with Crippen molar-refractivity contribution < 1.29 is 14.1 Å². The quantitative estimate of drug-likeness (QED) is 0.0916. The van der Waals surface area contributed by atoms with E-state index in [1.54, 1.807) is 0 Å². The SMILES string of the molecule is CCSCSCSCCSC(=O)NCCSCSCSCCN=CS(=O)CCO. The third kappa shape index (κ3) is 25.8. The predicted molar refractivity (Wildman–Crippen MR) is 149 cm³/mol. The van der Waals surface area contributed by atoms with Crippen molar-refractivity contribution >= 4 is 104 Å². The number of aliphatic imine (C=N–C) groups is 1. The molecule has 172 valence electrons. The highest BCUT2D eigenvalue weighted by molar-refractivity contribution is 8.23. The zero-order valence-electron chi connectivity index (χ0n) is 16.7. The Labute approximate surface area is 208 Å². The third-order valence-corrected chi connectivity index (χ3v) is 11.9. The highest BCUT2D eigenvalue weighted by Crippen LogP contribution is 2.19. The zero-order valence-corrected chi connectivity index (χ0v) is 23.3. The lowest BCUT2D eigenvalue weighted by Gasteiger charge is -2.05. The second-order valence-electron chi connectivity index (χ2n) is 4.98. The first-order chi connectivity index (χ1) is 14.2. The Kier molecular flexibility index (Phi) is 27.5. The van der Waals surface area contributed by atoms with Crippen LogP contribution in [-0.4, -0.2) is 94.7 Å². The molecule has 0 saturated carbocycles. The van der Waals surface area contributed by atoms with Crippen LogP contribution in [0.1, 0.15) is 6.92 Å². The van der Waals surface area contributed by atoms with Crippen molar-refractivity contribution in [2.45, 2.75) is 6.92 Å². The first kappa shape index (κ1) is 30.7. The van der Waals surface area contributed by atoms with Gasteiger partial charge in [-0.25, -0.2) is 0 Å². The van der Waals surface area contributed by atoms with E-state index >= 15 is 0 Å². The number of aliphatic hydroxyl groups excluding tert-OH is 1. The summed E-state index contributed by atoms with van der Waals surface area (Å²) in [5, 5.41) is 16.0. The van der Waals surface area contributed by atoms with E-state index in [4.69, 9.17) is 5.11 Å². The molecule has 1 atom stereocenters. The highest BCUT2D eigenvalue weighted by Gasteiger charge is 2.01. The molecule has 29 heavy (non-hydrogen) atoms. The van der Waals surface area contributed by atoms with Crippen molar-refractivity contribution in [1.29, 1.82) is 0 Å². The van der Waals surface area contributed by atoms with Gasteiger partial charge in [0, 0.05) is 56.4 Å². The summed E-state index contributed by atoms with van der Waals surface area (Å²) in [6.07, 6.45) is 0. The van der Waals surface area contributed by atoms with E-state index in [1.807, 2.05) is 70.6 Å². The maximum atomic E-state index is 11.7. The first-order valence-corrected chi connectivity index (χ1v) is 18.3. The van der Waals surface area contributed by atoms with Gasteiger partial charge in [0.1, 0.15) is 0 Å². The fourth-order valence-electron chi connectivity index (χ4n) is 1.43. The lowest BCUT2D eigenvalue weighted by atomic mass is 10.8. The Balaban J connectivity index is 3.24. The van der Waals surface area contributed by atoms with Gasteiger partial charge in [0.25, 0.3) is 5.24 Å². The summed E-state index contributed by atoms with van der Waals surface area (Å²) >= 11 is 12.7. The number of carbonyl (C=O) groups excluding carboxylic acids is 1. The molecule has 0 aliphatic heterocycles. The van der Waals surface area contributed by atoms with Crippen LogP contribution in [-0.2, 0) is 10.8 Å². The minimum absolute atomic E-state index is 0.0681. The smallest absolute Gasteiger partial charge is 0.279 e. The van der Waals surface area contributed by atoms with Crippen molar-refractivity contribution in [2.75, 3.05) is 74.6 Å². The number of amides is 1. The molecule has 1 unspecified atom stereocenters. The van der Waals surface area contributed by atoms with Crippen LogP contribution in [0.2, 0.25) is 0 Å². The fourth-order valence-corrected chi connectivity index (χ4v) is 9.40. The number of aliphatic hydroxyl groups is 1. The van der Waals surface area contributed by atoms with Gasteiger partial charge in [-0.3, -0.25) is 14.0 Å². The summed E-state index contributed by atoms with van der Waals surface area (Å²) in [7, 11) is -1.14. The predicted octanol–water partition coefficient (Wildman–Crippen LogP) is 4.45. The lowest BCUT2D eigenvalue weighted by molar-refractivity contribution is 0.261. The van der Waals surface area contributed by atoms with Gasteiger partial charge >= 0.3 is 0 Å². The van der Waals surface area contributed by atoms with Gasteiger partial charge in [-0.15, -0.1) is 47.0 Å². The van der Waals surface area contributed by atoms with Crippen molar-refractivity contribution in [2.24, 2.45) is 4.99 Å². The number of rotatable bonds is 21. The van der Waals surface area contributed by atoms with Gasteiger partial charge in [-0.05, 0) is 5.75 Å². The summed E-state index contributed by atoms with van der Waals surface area (Å²) in [5.74, 6) is 5.19. The Morgan fingerprint density at radius 2 is 1.62 bits per heavy atom. The molecule has 0 heterocycles. The molecule has 0 spiro atoms. The van der Waals surface area contributed by atoms with Crippen LogP contribution in [0.5, 0.6) is 0 Å². The van der Waals surface area contributed by atoms with Crippen LogP contribution in [0.3, 0.4) is 0 Å². The molecule has 0 fully saturated rings. The highest BCUT2D eigenvalue weighted by atomic mass is 32.2. The summed E-state index contributed by atoms with van der Waals surface area (Å²) < 4.78 is 11.2. The Morgan fingerprint density at radius 1 is 0.966 bits per heavy atom. The summed E-state index contributed by atoms with van der Waals surface area (Å²) in [5.41, 5.74) is 1.43. The monoisotopic (exact) mass is 556 g/mol. The van der Waals surface area contributed by atoms with Gasteiger partial charge in [-0.1, -0.05) is 18.7 Å². The molecule has 0 aromatic carbocycles. The first-order valence-electron chi connectivity index (χ1n) is 9.05. The average Bonchev–Trinajstić information content (AvgIpc) is 2.71. The maximum Gasteiger partial charge on any atom is 0.279 e. The Morgan fingerprint density at radius 3 is 2.31 bits per heavy atom. The standard InChI is InChI=1S/C16H32N2O3S8/c1-2-22-12-26-15-25-8-9-28-16(20)18-4-7-24-14-27-13-23-6-3-17-11-29(21)10-5-19/h11,19H,2-10,12-15H2,1H3,(H,18,20).